The Kier molecular flexibility index (Phi) is 7.71. The van der Waals surface area contributed by atoms with E-state index in [2.05, 4.69) is 10.4 Å². The van der Waals surface area contributed by atoms with Gasteiger partial charge in [-0.15, -0.1) is 11.3 Å². The second-order valence-corrected chi connectivity index (χ2v) is 7.64. The van der Waals surface area contributed by atoms with Crippen molar-refractivity contribution in [2.75, 3.05) is 19.0 Å². The average molecular weight is 482 g/mol. The maximum absolute atomic E-state index is 12.9. The first-order chi connectivity index (χ1) is 14.4. The van der Waals surface area contributed by atoms with Gasteiger partial charge < -0.3 is 14.8 Å². The molecule has 0 aromatic carbocycles. The van der Waals surface area contributed by atoms with Crippen molar-refractivity contribution in [1.82, 2.24) is 9.78 Å². The van der Waals surface area contributed by atoms with Gasteiger partial charge in [0.15, 0.2) is 5.69 Å². The van der Waals surface area contributed by atoms with Gasteiger partial charge >= 0.3 is 18.1 Å². The maximum atomic E-state index is 12.9. The fourth-order valence-corrected chi connectivity index (χ4v) is 4.01. The fourth-order valence-electron chi connectivity index (χ4n) is 2.66. The number of carbonyl (C=O) groups excluding carboxylic acids is 3. The number of nitrogens with zero attached hydrogens (tertiary/aromatic N) is 2. The quantitative estimate of drug-likeness (QED) is 0.594. The van der Waals surface area contributed by atoms with Crippen molar-refractivity contribution in [2.24, 2.45) is 0 Å². The highest BCUT2D eigenvalue weighted by Crippen LogP contribution is 2.36. The van der Waals surface area contributed by atoms with Gasteiger partial charge in [0.2, 0.25) is 5.91 Å². The van der Waals surface area contributed by atoms with Gasteiger partial charge in [0.25, 0.3) is 0 Å². The second-order valence-electron chi connectivity index (χ2n) is 6.24. The second kappa shape index (κ2) is 9.69. The zero-order chi connectivity index (χ0) is 23.5. The Morgan fingerprint density at radius 2 is 1.87 bits per heavy atom. The number of aromatic nitrogens is 2. The van der Waals surface area contributed by atoms with Crippen LogP contribution in [0.2, 0.25) is 5.02 Å². The normalized spacial score (nSPS) is 11.4. The van der Waals surface area contributed by atoms with Crippen molar-refractivity contribution in [2.45, 2.75) is 39.9 Å². The van der Waals surface area contributed by atoms with Crippen molar-refractivity contribution in [1.29, 1.82) is 0 Å². The van der Waals surface area contributed by atoms with Gasteiger partial charge in [0.1, 0.15) is 9.88 Å². The van der Waals surface area contributed by atoms with Crippen molar-refractivity contribution >= 4 is 45.8 Å². The molecule has 0 aliphatic rings. The standard InChI is InChI=1S/C18H19ClF3N3O5S/c1-5-30-17(28)13-8(2)11(16(27)29-4)15(31-13)23-10(26)6-7-25-9(3)12(19)14(24-25)18(20,21)22/h5-7H2,1-4H3,(H,23,26). The molecule has 0 spiro atoms. The lowest BCUT2D eigenvalue weighted by atomic mass is 10.1. The minimum atomic E-state index is -4.72. The molecule has 0 atom stereocenters. The predicted molar refractivity (Wildman–Crippen MR) is 107 cm³/mol. The Bertz CT molecular complexity index is 1020. The molecule has 31 heavy (non-hydrogen) atoms. The first-order valence-electron chi connectivity index (χ1n) is 8.91. The van der Waals surface area contributed by atoms with E-state index in [-0.39, 0.29) is 46.3 Å². The molecule has 170 valence electrons. The lowest BCUT2D eigenvalue weighted by Gasteiger charge is -2.07. The van der Waals surface area contributed by atoms with Crippen LogP contribution >= 0.6 is 22.9 Å². The highest BCUT2D eigenvalue weighted by molar-refractivity contribution is 7.18. The number of carbonyl (C=O) groups is 3. The highest BCUT2D eigenvalue weighted by atomic mass is 35.5. The Morgan fingerprint density at radius 3 is 2.39 bits per heavy atom. The molecule has 1 amide bonds. The van der Waals surface area contributed by atoms with E-state index in [0.29, 0.717) is 0 Å². The van der Waals surface area contributed by atoms with Gasteiger partial charge in [0, 0.05) is 6.42 Å². The van der Waals surface area contributed by atoms with Gasteiger partial charge in [0.05, 0.1) is 36.5 Å². The number of aryl methyl sites for hydroxylation is 1. The zero-order valence-corrected chi connectivity index (χ0v) is 18.5. The summed E-state index contributed by atoms with van der Waals surface area (Å²) in [5, 5.41) is 5.47. The molecule has 0 bridgehead atoms. The molecule has 2 aromatic heterocycles. The molecule has 0 fully saturated rings. The Balaban J connectivity index is 2.22. The molecule has 0 radical (unpaired) electrons. The van der Waals surface area contributed by atoms with E-state index in [0.717, 1.165) is 23.1 Å². The average Bonchev–Trinajstić information content (AvgIpc) is 3.16. The first-order valence-corrected chi connectivity index (χ1v) is 10.1. The van der Waals surface area contributed by atoms with Crippen molar-refractivity contribution in [3.05, 3.63) is 32.4 Å². The molecule has 0 aliphatic carbocycles. The number of hydrogen-bond acceptors (Lipinski definition) is 7. The maximum Gasteiger partial charge on any atom is 0.436 e. The Hall–Kier alpha value is -2.60. The molecule has 0 saturated carbocycles. The number of methoxy groups -OCH3 is 1. The third kappa shape index (κ3) is 5.37. The molecule has 13 heteroatoms. The topological polar surface area (TPSA) is 99.5 Å². The molecule has 0 aliphatic heterocycles. The zero-order valence-electron chi connectivity index (χ0n) is 17.0. The van der Waals surface area contributed by atoms with Crippen LogP contribution in [0.4, 0.5) is 18.2 Å². The molecule has 2 heterocycles. The van der Waals surface area contributed by atoms with Crippen LogP contribution in [0.5, 0.6) is 0 Å². The summed E-state index contributed by atoms with van der Waals surface area (Å²) in [5.41, 5.74) is -0.877. The SMILES string of the molecule is CCOC(=O)c1sc(NC(=O)CCn2nc(C(F)(F)F)c(Cl)c2C)c(C(=O)OC)c1C. The van der Waals surface area contributed by atoms with Crippen LogP contribution in [0.25, 0.3) is 0 Å². The summed E-state index contributed by atoms with van der Waals surface area (Å²) >= 11 is 6.53. The summed E-state index contributed by atoms with van der Waals surface area (Å²) in [6, 6.07) is 0. The third-order valence-electron chi connectivity index (χ3n) is 4.20. The number of rotatable bonds is 7. The first kappa shape index (κ1) is 24.7. The van der Waals surface area contributed by atoms with E-state index in [1.54, 1.807) is 6.92 Å². The molecule has 2 rings (SSSR count). The van der Waals surface area contributed by atoms with Crippen LogP contribution < -0.4 is 5.32 Å². The number of thiophene rings is 1. The van der Waals surface area contributed by atoms with E-state index < -0.39 is 34.7 Å². The third-order valence-corrected chi connectivity index (χ3v) is 5.84. The molecule has 1 N–H and O–H groups in total. The smallest absolute Gasteiger partial charge is 0.436 e. The summed E-state index contributed by atoms with van der Waals surface area (Å²) in [6.07, 6.45) is -4.98. The largest absolute Gasteiger partial charge is 0.465 e. The Labute approximate surface area is 184 Å². The van der Waals surface area contributed by atoms with Crippen LogP contribution in [0.1, 0.15) is 50.3 Å². The minimum Gasteiger partial charge on any atom is -0.465 e. The summed E-state index contributed by atoms with van der Waals surface area (Å²) in [5.74, 6) is -2.03. The number of hydrogen-bond donors (Lipinski definition) is 1. The number of amides is 1. The van der Waals surface area contributed by atoms with Crippen LogP contribution in [0, 0.1) is 13.8 Å². The van der Waals surface area contributed by atoms with E-state index >= 15 is 0 Å². The molecule has 0 saturated heterocycles. The molecular formula is C18H19ClF3N3O5S. The summed E-state index contributed by atoms with van der Waals surface area (Å²) in [7, 11) is 1.15. The number of nitrogens with one attached hydrogen (secondary N) is 1. The van der Waals surface area contributed by atoms with Crippen molar-refractivity contribution in [3.8, 4) is 0 Å². The molecule has 8 nitrogen and oxygen atoms in total. The number of alkyl halides is 3. The lowest BCUT2D eigenvalue weighted by molar-refractivity contribution is -0.141. The highest BCUT2D eigenvalue weighted by Gasteiger charge is 2.38. The van der Waals surface area contributed by atoms with Gasteiger partial charge in [-0.3, -0.25) is 9.48 Å². The molecular weight excluding hydrogens is 463 g/mol. The van der Waals surface area contributed by atoms with Gasteiger partial charge in [-0.2, -0.15) is 18.3 Å². The number of anilines is 1. The van der Waals surface area contributed by atoms with Gasteiger partial charge in [-0.25, -0.2) is 9.59 Å². The Morgan fingerprint density at radius 1 is 1.23 bits per heavy atom. The van der Waals surface area contributed by atoms with Crippen LogP contribution in [0.3, 0.4) is 0 Å². The van der Waals surface area contributed by atoms with Crippen LogP contribution in [0.15, 0.2) is 0 Å². The van der Waals surface area contributed by atoms with E-state index in [4.69, 9.17) is 21.1 Å². The predicted octanol–water partition coefficient (Wildman–Crippen LogP) is 4.23. The molecule has 0 unspecified atom stereocenters. The lowest BCUT2D eigenvalue weighted by Crippen LogP contribution is -2.17. The van der Waals surface area contributed by atoms with E-state index in [1.807, 2.05) is 0 Å². The summed E-state index contributed by atoms with van der Waals surface area (Å²) in [6.45, 7) is 4.43. The van der Waals surface area contributed by atoms with Crippen molar-refractivity contribution in [3.63, 3.8) is 0 Å². The summed E-state index contributed by atoms with van der Waals surface area (Å²) in [4.78, 5) is 36.8. The monoisotopic (exact) mass is 481 g/mol. The van der Waals surface area contributed by atoms with Gasteiger partial charge in [-0.1, -0.05) is 11.6 Å². The minimum absolute atomic E-state index is 0.00146. The fraction of sp³-hybridized carbons (Fsp3) is 0.444. The van der Waals surface area contributed by atoms with E-state index in [9.17, 15) is 27.6 Å². The summed E-state index contributed by atoms with van der Waals surface area (Å²) < 4.78 is 49.4. The number of esters is 2. The van der Waals surface area contributed by atoms with E-state index in [1.165, 1.54) is 13.8 Å². The molecule has 2 aromatic rings. The number of halogens is 4. The van der Waals surface area contributed by atoms with Crippen molar-refractivity contribution < 1.29 is 37.0 Å². The van der Waals surface area contributed by atoms with Crippen LogP contribution in [-0.2, 0) is 27.0 Å². The van der Waals surface area contributed by atoms with Gasteiger partial charge in [-0.05, 0) is 26.3 Å². The number of ether oxygens (including phenoxy) is 2. The van der Waals surface area contributed by atoms with Crippen LogP contribution in [-0.4, -0.2) is 41.3 Å².